The van der Waals surface area contributed by atoms with E-state index in [1.165, 1.54) is 53.4 Å². The third-order valence-electron chi connectivity index (χ3n) is 8.90. The van der Waals surface area contributed by atoms with Crippen LogP contribution in [0.5, 0.6) is 11.5 Å². The van der Waals surface area contributed by atoms with Gasteiger partial charge in [0.15, 0.2) is 0 Å². The summed E-state index contributed by atoms with van der Waals surface area (Å²) in [6, 6.07) is 17.6. The highest BCUT2D eigenvalue weighted by atomic mass is 28.4. The first kappa shape index (κ1) is 39.5. The number of nitrogens with zero attached hydrogens (tertiary/aromatic N) is 2. The number of nitro benzene ring substituents is 1. The largest absolute Gasteiger partial charge is 0.544 e. The van der Waals surface area contributed by atoms with Gasteiger partial charge in [-0.25, -0.2) is 14.4 Å². The summed E-state index contributed by atoms with van der Waals surface area (Å²) in [7, 11) is -2.08. The molecule has 1 aliphatic rings. The van der Waals surface area contributed by atoms with Crippen LogP contribution in [0.1, 0.15) is 91.9 Å². The Morgan fingerprint density at radius 1 is 0.808 bits per heavy atom. The molecule has 278 valence electrons. The van der Waals surface area contributed by atoms with Gasteiger partial charge in [0.1, 0.15) is 29.4 Å². The molecule has 1 saturated heterocycles. The molecule has 1 aliphatic heterocycles. The van der Waals surface area contributed by atoms with Gasteiger partial charge < -0.3 is 24.0 Å². The van der Waals surface area contributed by atoms with E-state index in [0.717, 1.165) is 0 Å². The number of benzene rings is 3. The molecule has 0 aromatic heterocycles. The summed E-state index contributed by atoms with van der Waals surface area (Å²) in [5.41, 5.74) is -0.233. The van der Waals surface area contributed by atoms with Crippen LogP contribution in [0.25, 0.3) is 0 Å². The maximum absolute atomic E-state index is 13.5. The quantitative estimate of drug-likeness (QED) is 0.0752. The van der Waals surface area contributed by atoms with Crippen LogP contribution < -0.4 is 14.5 Å². The van der Waals surface area contributed by atoms with Crippen molar-refractivity contribution in [2.75, 3.05) is 6.54 Å². The maximum atomic E-state index is 13.5. The molecule has 0 spiro atoms. The van der Waals surface area contributed by atoms with E-state index >= 15 is 0 Å². The van der Waals surface area contributed by atoms with Crippen molar-refractivity contribution in [2.45, 2.75) is 96.8 Å². The zero-order chi connectivity index (χ0) is 38.4. The summed E-state index contributed by atoms with van der Waals surface area (Å²) in [5.74, 6) is -0.934. The Bertz CT molecular complexity index is 1760. The first-order chi connectivity index (χ1) is 24.2. The number of ether oxygens (including phenoxy) is 3. The Hall–Kier alpha value is -5.24. The molecule has 2 unspecified atom stereocenters. The number of rotatable bonds is 9. The highest BCUT2D eigenvalue weighted by Crippen LogP contribution is 2.37. The average molecular weight is 734 g/mol. The Morgan fingerprint density at radius 3 is 1.90 bits per heavy atom. The van der Waals surface area contributed by atoms with Gasteiger partial charge in [0, 0.05) is 30.7 Å². The first-order valence-electron chi connectivity index (χ1n) is 17.1. The predicted octanol–water partition coefficient (Wildman–Crippen LogP) is 7.90. The molecule has 14 heteroatoms. The zero-order valence-corrected chi connectivity index (χ0v) is 31.9. The lowest BCUT2D eigenvalue weighted by Gasteiger charge is -2.36. The molecule has 3 aromatic carbocycles. The second-order valence-corrected chi connectivity index (χ2v) is 19.9. The Balaban J connectivity index is 1.44. The van der Waals surface area contributed by atoms with E-state index in [1.54, 1.807) is 45.0 Å². The third kappa shape index (κ3) is 10.6. The first-order valence-corrected chi connectivity index (χ1v) is 20.0. The fourth-order valence-corrected chi connectivity index (χ4v) is 6.07. The molecule has 13 nitrogen and oxygen atoms in total. The number of likely N-dealkylation sites (tertiary alicyclic amines) is 1. The SMILES string of the molecule is CC(C)(C)OC(=O)N1CCCC(OC(=O)c2ccc(OC(=O)c3ccc([N+](=O)[O-])cc3)cc2)CC1NC(=O)c1ccc(O[Si](C)(C)C(C)(C)C)cc1. The van der Waals surface area contributed by atoms with E-state index in [1.807, 2.05) is 0 Å². The summed E-state index contributed by atoms with van der Waals surface area (Å²) < 4.78 is 23.2. The molecule has 0 saturated carbocycles. The molecule has 1 N–H and O–H groups in total. The van der Waals surface area contributed by atoms with Gasteiger partial charge in [-0.05, 0) is 112 Å². The molecule has 1 heterocycles. The van der Waals surface area contributed by atoms with Crippen LogP contribution in [0.4, 0.5) is 10.5 Å². The molecule has 2 atom stereocenters. The van der Waals surface area contributed by atoms with Crippen molar-refractivity contribution in [1.29, 1.82) is 0 Å². The summed E-state index contributed by atoms with van der Waals surface area (Å²) in [6.07, 6.45) is -1.05. The molecule has 0 radical (unpaired) electrons. The predicted molar refractivity (Wildman–Crippen MR) is 196 cm³/mol. The van der Waals surface area contributed by atoms with Crippen LogP contribution in [0.3, 0.4) is 0 Å². The molecule has 3 aromatic rings. The number of esters is 2. The topological polar surface area (TPSA) is 164 Å². The highest BCUT2D eigenvalue weighted by molar-refractivity contribution is 6.74. The monoisotopic (exact) mass is 733 g/mol. The van der Waals surface area contributed by atoms with Crippen molar-refractivity contribution >= 4 is 37.9 Å². The van der Waals surface area contributed by atoms with Crippen LogP contribution in [-0.4, -0.2) is 66.5 Å². The van der Waals surface area contributed by atoms with Crippen molar-refractivity contribution in [2.24, 2.45) is 0 Å². The zero-order valence-electron chi connectivity index (χ0n) is 30.9. The van der Waals surface area contributed by atoms with Crippen molar-refractivity contribution < 1.29 is 42.7 Å². The number of nitro groups is 1. The van der Waals surface area contributed by atoms with Gasteiger partial charge in [-0.1, -0.05) is 20.8 Å². The molecule has 1 fully saturated rings. The molecular weight excluding hydrogens is 687 g/mol. The minimum atomic E-state index is -2.08. The van der Waals surface area contributed by atoms with Crippen LogP contribution in [0.15, 0.2) is 72.8 Å². The van der Waals surface area contributed by atoms with E-state index in [2.05, 4.69) is 39.2 Å². The maximum Gasteiger partial charge on any atom is 0.411 e. The Kier molecular flexibility index (Phi) is 12.1. The Labute approximate surface area is 304 Å². The van der Waals surface area contributed by atoms with Crippen LogP contribution >= 0.6 is 0 Å². The number of amides is 2. The van der Waals surface area contributed by atoms with E-state index in [4.69, 9.17) is 18.6 Å². The van der Waals surface area contributed by atoms with Crippen molar-refractivity contribution in [1.82, 2.24) is 10.2 Å². The average Bonchev–Trinajstić information content (AvgIpc) is 3.25. The highest BCUT2D eigenvalue weighted by Gasteiger charge is 2.39. The van der Waals surface area contributed by atoms with Crippen molar-refractivity contribution in [3.05, 3.63) is 99.6 Å². The van der Waals surface area contributed by atoms with E-state index in [0.29, 0.717) is 24.2 Å². The number of non-ortho nitro benzene ring substituents is 1. The summed E-state index contributed by atoms with van der Waals surface area (Å²) in [4.78, 5) is 64.3. The molecule has 4 rings (SSSR count). The minimum absolute atomic E-state index is 0.00467. The lowest BCUT2D eigenvalue weighted by Crippen LogP contribution is -2.52. The normalized spacial score (nSPS) is 16.6. The van der Waals surface area contributed by atoms with Crippen molar-refractivity contribution in [3.63, 3.8) is 0 Å². The molecule has 0 aliphatic carbocycles. The Morgan fingerprint density at radius 2 is 1.35 bits per heavy atom. The van der Waals surface area contributed by atoms with E-state index < -0.39 is 55.1 Å². The number of carbonyl (C=O) groups is 4. The van der Waals surface area contributed by atoms with Gasteiger partial charge in [0.05, 0.1) is 16.1 Å². The number of nitrogens with one attached hydrogen (secondary N) is 1. The second kappa shape index (κ2) is 16.0. The lowest BCUT2D eigenvalue weighted by molar-refractivity contribution is -0.384. The number of hydrogen-bond donors (Lipinski definition) is 1. The molecule has 52 heavy (non-hydrogen) atoms. The van der Waals surface area contributed by atoms with Crippen LogP contribution in [0, 0.1) is 10.1 Å². The van der Waals surface area contributed by atoms with Gasteiger partial charge in [-0.15, -0.1) is 0 Å². The summed E-state index contributed by atoms with van der Waals surface area (Å²) in [5, 5.41) is 13.8. The van der Waals surface area contributed by atoms with Gasteiger partial charge >= 0.3 is 18.0 Å². The van der Waals surface area contributed by atoms with E-state index in [9.17, 15) is 29.3 Å². The van der Waals surface area contributed by atoms with Gasteiger partial charge in [-0.2, -0.15) is 0 Å². The lowest BCUT2D eigenvalue weighted by atomic mass is 10.1. The van der Waals surface area contributed by atoms with Gasteiger partial charge in [0.25, 0.3) is 11.6 Å². The summed E-state index contributed by atoms with van der Waals surface area (Å²) >= 11 is 0. The van der Waals surface area contributed by atoms with Crippen molar-refractivity contribution in [3.8, 4) is 11.5 Å². The summed E-state index contributed by atoms with van der Waals surface area (Å²) in [6.45, 7) is 16.3. The minimum Gasteiger partial charge on any atom is -0.544 e. The smallest absolute Gasteiger partial charge is 0.411 e. The molecular formula is C38H47N3O10Si. The van der Waals surface area contributed by atoms with E-state index in [-0.39, 0.29) is 40.6 Å². The fraction of sp³-hybridized carbons (Fsp3) is 0.421. The third-order valence-corrected chi connectivity index (χ3v) is 13.3. The van der Waals surface area contributed by atoms with Crippen LogP contribution in [-0.2, 0) is 9.47 Å². The fourth-order valence-electron chi connectivity index (χ4n) is 5.04. The van der Waals surface area contributed by atoms with Gasteiger partial charge in [0.2, 0.25) is 8.32 Å². The number of carbonyl (C=O) groups excluding carboxylic acids is 4. The standard InChI is InChI=1S/C38H47N3O10Si/c1-37(2,3)50-36(45)40-23-9-10-31(24-32(40)39-33(42)25-13-21-30(22-14-25)51-52(7,8)38(4,5)6)49-35(44)27-15-19-29(20-16-27)48-34(43)26-11-17-28(18-12-26)41(46)47/h11-22,31-32H,9-10,23-24H2,1-8H3,(H,39,42). The van der Waals surface area contributed by atoms with Gasteiger partial charge in [-0.3, -0.25) is 19.8 Å². The second-order valence-electron chi connectivity index (χ2n) is 15.2. The molecule has 2 amide bonds. The number of hydrogen-bond acceptors (Lipinski definition) is 10. The van der Waals surface area contributed by atoms with Crippen LogP contribution in [0.2, 0.25) is 18.1 Å². The molecule has 0 bridgehead atoms.